The molecule has 116 valence electrons. The molecule has 0 unspecified atom stereocenters. The molecule has 0 atom stereocenters. The van der Waals surface area contributed by atoms with E-state index in [0.29, 0.717) is 18.7 Å². The standard InChI is InChI=1S/C16H25N3O2/c1-6-19(7-2)15(20)12-18(5)16(21)13-8-10-14(11-9-13)17(3)4/h8-11H,6-7,12H2,1-5H3. The van der Waals surface area contributed by atoms with Gasteiger partial charge in [0.2, 0.25) is 5.91 Å². The Hall–Kier alpha value is -2.04. The minimum absolute atomic E-state index is 0.0271. The molecule has 0 N–H and O–H groups in total. The first-order valence-corrected chi connectivity index (χ1v) is 7.21. The molecule has 0 fully saturated rings. The van der Waals surface area contributed by atoms with Gasteiger partial charge in [-0.3, -0.25) is 9.59 Å². The van der Waals surface area contributed by atoms with Crippen LogP contribution in [0.3, 0.4) is 0 Å². The molecule has 21 heavy (non-hydrogen) atoms. The summed E-state index contributed by atoms with van der Waals surface area (Å²) < 4.78 is 0. The maximum Gasteiger partial charge on any atom is 0.254 e. The van der Waals surface area contributed by atoms with Gasteiger partial charge in [0.1, 0.15) is 0 Å². The highest BCUT2D eigenvalue weighted by Crippen LogP contribution is 2.13. The number of nitrogens with zero attached hydrogens (tertiary/aromatic N) is 3. The van der Waals surface area contributed by atoms with Crippen LogP contribution in [0.2, 0.25) is 0 Å². The van der Waals surface area contributed by atoms with Crippen molar-refractivity contribution >= 4 is 17.5 Å². The van der Waals surface area contributed by atoms with E-state index in [1.54, 1.807) is 24.1 Å². The molecule has 1 rings (SSSR count). The molecule has 0 aliphatic carbocycles. The molecule has 5 nitrogen and oxygen atoms in total. The molecule has 0 aliphatic heterocycles. The van der Waals surface area contributed by atoms with E-state index in [0.717, 1.165) is 5.69 Å². The predicted octanol–water partition coefficient (Wildman–Crippen LogP) is 1.69. The summed E-state index contributed by atoms with van der Waals surface area (Å²) in [5, 5.41) is 0. The fourth-order valence-electron chi connectivity index (χ4n) is 2.07. The summed E-state index contributed by atoms with van der Waals surface area (Å²) in [6, 6.07) is 7.37. The molecule has 0 saturated heterocycles. The predicted molar refractivity (Wildman–Crippen MR) is 85.7 cm³/mol. The van der Waals surface area contributed by atoms with Gasteiger partial charge in [0, 0.05) is 45.5 Å². The average molecular weight is 291 g/mol. The van der Waals surface area contributed by atoms with E-state index in [4.69, 9.17) is 0 Å². The summed E-state index contributed by atoms with van der Waals surface area (Å²) in [5.74, 6) is -0.165. The normalized spacial score (nSPS) is 10.1. The average Bonchev–Trinajstić information content (AvgIpc) is 2.47. The largest absolute Gasteiger partial charge is 0.378 e. The fourth-order valence-corrected chi connectivity index (χ4v) is 2.07. The Balaban J connectivity index is 2.72. The number of carbonyl (C=O) groups excluding carboxylic acids is 2. The van der Waals surface area contributed by atoms with Gasteiger partial charge in [-0.2, -0.15) is 0 Å². The Labute approximate surface area is 127 Å². The van der Waals surface area contributed by atoms with Crippen LogP contribution in [0.15, 0.2) is 24.3 Å². The third kappa shape index (κ3) is 4.48. The Kier molecular flexibility index (Phi) is 6.21. The smallest absolute Gasteiger partial charge is 0.254 e. The van der Waals surface area contributed by atoms with Crippen LogP contribution in [0.4, 0.5) is 5.69 Å². The number of anilines is 1. The quantitative estimate of drug-likeness (QED) is 0.801. The van der Waals surface area contributed by atoms with Crippen molar-refractivity contribution in [3.8, 4) is 0 Å². The van der Waals surface area contributed by atoms with Crippen molar-refractivity contribution in [1.82, 2.24) is 9.80 Å². The van der Waals surface area contributed by atoms with Crippen LogP contribution in [0, 0.1) is 0 Å². The molecule has 0 saturated carbocycles. The Morgan fingerprint density at radius 2 is 1.48 bits per heavy atom. The van der Waals surface area contributed by atoms with Crippen molar-refractivity contribution < 1.29 is 9.59 Å². The van der Waals surface area contributed by atoms with Gasteiger partial charge < -0.3 is 14.7 Å². The van der Waals surface area contributed by atoms with Gasteiger partial charge in [-0.15, -0.1) is 0 Å². The second kappa shape index (κ2) is 7.67. The molecule has 0 spiro atoms. The molecule has 0 aliphatic rings. The number of carbonyl (C=O) groups is 2. The maximum atomic E-state index is 12.3. The number of hydrogen-bond acceptors (Lipinski definition) is 3. The molecule has 1 aromatic rings. The first-order chi connectivity index (χ1) is 9.90. The monoisotopic (exact) mass is 291 g/mol. The molecule has 1 aromatic carbocycles. The van der Waals surface area contributed by atoms with Crippen molar-refractivity contribution in [2.45, 2.75) is 13.8 Å². The van der Waals surface area contributed by atoms with E-state index in [9.17, 15) is 9.59 Å². The van der Waals surface area contributed by atoms with Gasteiger partial charge >= 0.3 is 0 Å². The Bertz CT molecular complexity index is 479. The zero-order valence-electron chi connectivity index (χ0n) is 13.6. The van der Waals surface area contributed by atoms with Gasteiger partial charge in [0.05, 0.1) is 6.54 Å². The van der Waals surface area contributed by atoms with Gasteiger partial charge in [-0.05, 0) is 38.1 Å². The van der Waals surface area contributed by atoms with Gasteiger partial charge in [0.15, 0.2) is 0 Å². The van der Waals surface area contributed by atoms with Crippen LogP contribution >= 0.6 is 0 Å². The number of amides is 2. The third-order valence-corrected chi connectivity index (χ3v) is 3.47. The van der Waals surface area contributed by atoms with Gasteiger partial charge in [-0.1, -0.05) is 0 Å². The molecule has 5 heteroatoms. The number of hydrogen-bond donors (Lipinski definition) is 0. The second-order valence-electron chi connectivity index (χ2n) is 5.17. The van der Waals surface area contributed by atoms with Crippen LogP contribution < -0.4 is 4.90 Å². The number of likely N-dealkylation sites (N-methyl/N-ethyl adjacent to an activating group) is 2. The highest BCUT2D eigenvalue weighted by Gasteiger charge is 2.17. The minimum Gasteiger partial charge on any atom is -0.378 e. The van der Waals surface area contributed by atoms with Crippen molar-refractivity contribution in [1.29, 1.82) is 0 Å². The second-order valence-corrected chi connectivity index (χ2v) is 5.17. The Morgan fingerprint density at radius 1 is 0.952 bits per heavy atom. The third-order valence-electron chi connectivity index (χ3n) is 3.47. The molecular weight excluding hydrogens is 266 g/mol. The van der Waals surface area contributed by atoms with Crippen LogP contribution in [0.25, 0.3) is 0 Å². The number of rotatable bonds is 6. The lowest BCUT2D eigenvalue weighted by molar-refractivity contribution is -0.131. The molecular formula is C16H25N3O2. The first-order valence-electron chi connectivity index (χ1n) is 7.21. The van der Waals surface area contributed by atoms with Crippen LogP contribution in [-0.2, 0) is 4.79 Å². The lowest BCUT2D eigenvalue weighted by atomic mass is 10.1. The maximum absolute atomic E-state index is 12.3. The van der Waals surface area contributed by atoms with E-state index in [1.165, 1.54) is 4.90 Å². The summed E-state index contributed by atoms with van der Waals surface area (Å²) in [6.45, 7) is 5.30. The minimum atomic E-state index is -0.138. The fraction of sp³-hybridized carbons (Fsp3) is 0.500. The zero-order chi connectivity index (χ0) is 16.0. The van der Waals surface area contributed by atoms with Crippen molar-refractivity contribution in [2.24, 2.45) is 0 Å². The lowest BCUT2D eigenvalue weighted by Crippen LogP contribution is -2.41. The van der Waals surface area contributed by atoms with Crippen molar-refractivity contribution in [3.63, 3.8) is 0 Å². The van der Waals surface area contributed by atoms with E-state index < -0.39 is 0 Å². The zero-order valence-corrected chi connectivity index (χ0v) is 13.6. The van der Waals surface area contributed by atoms with Crippen molar-refractivity contribution in [2.75, 3.05) is 45.7 Å². The van der Waals surface area contributed by atoms with E-state index in [2.05, 4.69) is 0 Å². The van der Waals surface area contributed by atoms with Crippen LogP contribution in [0.5, 0.6) is 0 Å². The highest BCUT2D eigenvalue weighted by molar-refractivity contribution is 5.96. The van der Waals surface area contributed by atoms with Crippen LogP contribution in [-0.4, -0.2) is 62.4 Å². The topological polar surface area (TPSA) is 43.9 Å². The van der Waals surface area contributed by atoms with Crippen LogP contribution in [0.1, 0.15) is 24.2 Å². The molecule has 0 aromatic heterocycles. The summed E-state index contributed by atoms with van der Waals surface area (Å²) >= 11 is 0. The van der Waals surface area contributed by atoms with E-state index in [1.807, 2.05) is 45.0 Å². The summed E-state index contributed by atoms with van der Waals surface area (Å²) in [6.07, 6.45) is 0. The lowest BCUT2D eigenvalue weighted by Gasteiger charge is -2.23. The van der Waals surface area contributed by atoms with E-state index >= 15 is 0 Å². The highest BCUT2D eigenvalue weighted by atomic mass is 16.2. The van der Waals surface area contributed by atoms with Crippen molar-refractivity contribution in [3.05, 3.63) is 29.8 Å². The Morgan fingerprint density at radius 3 is 1.90 bits per heavy atom. The first kappa shape index (κ1) is 17.0. The SMILES string of the molecule is CCN(CC)C(=O)CN(C)C(=O)c1ccc(N(C)C)cc1. The van der Waals surface area contributed by atoms with E-state index in [-0.39, 0.29) is 18.4 Å². The molecule has 0 bridgehead atoms. The molecule has 0 radical (unpaired) electrons. The van der Waals surface area contributed by atoms with Gasteiger partial charge in [0.25, 0.3) is 5.91 Å². The molecule has 0 heterocycles. The number of benzene rings is 1. The summed E-state index contributed by atoms with van der Waals surface area (Å²) in [4.78, 5) is 29.5. The summed E-state index contributed by atoms with van der Waals surface area (Å²) in [5.41, 5.74) is 1.63. The summed E-state index contributed by atoms with van der Waals surface area (Å²) in [7, 11) is 5.56. The van der Waals surface area contributed by atoms with Gasteiger partial charge in [-0.25, -0.2) is 0 Å². The molecule has 2 amide bonds.